The Bertz CT molecular complexity index is 701. The largest absolute Gasteiger partial charge is 0.393 e. The van der Waals surface area contributed by atoms with Crippen LogP contribution in [0.15, 0.2) is 23.0 Å². The molecule has 0 amide bonds. The van der Waals surface area contributed by atoms with Crippen LogP contribution < -0.4 is 11.3 Å². The maximum Gasteiger partial charge on any atom is 0.294 e. The Hall–Kier alpha value is -1.39. The second-order valence-electron chi connectivity index (χ2n) is 5.19. The normalized spacial score (nSPS) is 11.3. The van der Waals surface area contributed by atoms with Crippen LogP contribution in [0.1, 0.15) is 19.5 Å². The number of halogens is 2. The molecular formula is C14H17Cl2N3O. The van der Waals surface area contributed by atoms with E-state index >= 15 is 0 Å². The number of hydrogen-bond donors (Lipinski definition) is 1. The third-order valence-electron chi connectivity index (χ3n) is 3.16. The van der Waals surface area contributed by atoms with Crippen molar-refractivity contribution in [2.75, 3.05) is 5.73 Å². The van der Waals surface area contributed by atoms with Gasteiger partial charge in [0.05, 0.1) is 16.4 Å². The summed E-state index contributed by atoms with van der Waals surface area (Å²) in [5.41, 5.74) is 7.35. The molecule has 1 heterocycles. The first-order valence-electron chi connectivity index (χ1n) is 6.34. The molecule has 0 saturated carbocycles. The Labute approximate surface area is 127 Å². The number of hydrogen-bond acceptors (Lipinski definition) is 2. The van der Waals surface area contributed by atoms with Crippen LogP contribution in [0, 0.1) is 5.92 Å². The molecule has 108 valence electrons. The summed E-state index contributed by atoms with van der Waals surface area (Å²) in [6, 6.07) is 5.02. The summed E-state index contributed by atoms with van der Waals surface area (Å²) in [6.07, 6.45) is 0.732. The number of nitrogens with two attached hydrogens (primary N) is 1. The number of anilines is 1. The molecule has 0 radical (unpaired) electrons. The Balaban J connectivity index is 2.66. The average molecular weight is 314 g/mol. The molecule has 2 N–H and O–H groups in total. The van der Waals surface area contributed by atoms with Gasteiger partial charge in [-0.1, -0.05) is 37.0 Å². The zero-order valence-electron chi connectivity index (χ0n) is 11.7. The van der Waals surface area contributed by atoms with Gasteiger partial charge in [0.1, 0.15) is 5.69 Å². The van der Waals surface area contributed by atoms with Gasteiger partial charge in [0.15, 0.2) is 0 Å². The van der Waals surface area contributed by atoms with Crippen molar-refractivity contribution in [3.63, 3.8) is 0 Å². The predicted molar refractivity (Wildman–Crippen MR) is 84.0 cm³/mol. The summed E-state index contributed by atoms with van der Waals surface area (Å²) in [6.45, 7) is 4.16. The Kier molecular flexibility index (Phi) is 4.16. The zero-order chi connectivity index (χ0) is 15.0. The number of rotatable bonds is 3. The number of aromatic nitrogens is 2. The van der Waals surface area contributed by atoms with E-state index in [2.05, 4.69) is 13.8 Å². The van der Waals surface area contributed by atoms with Gasteiger partial charge in [-0.3, -0.25) is 9.48 Å². The van der Waals surface area contributed by atoms with Crippen LogP contribution in [-0.4, -0.2) is 9.36 Å². The van der Waals surface area contributed by atoms with Crippen molar-refractivity contribution in [3.8, 4) is 5.69 Å². The molecule has 0 aliphatic carbocycles. The van der Waals surface area contributed by atoms with E-state index in [0.717, 1.165) is 12.1 Å². The van der Waals surface area contributed by atoms with Crippen molar-refractivity contribution in [2.24, 2.45) is 13.0 Å². The highest BCUT2D eigenvalue weighted by Gasteiger charge is 2.18. The molecule has 0 unspecified atom stereocenters. The first-order valence-corrected chi connectivity index (χ1v) is 7.10. The van der Waals surface area contributed by atoms with E-state index in [4.69, 9.17) is 28.9 Å². The molecule has 0 atom stereocenters. The summed E-state index contributed by atoms with van der Waals surface area (Å²) in [5.74, 6) is 0.402. The monoisotopic (exact) mass is 313 g/mol. The predicted octanol–water partition coefficient (Wildman–Crippen LogP) is 3.26. The minimum absolute atomic E-state index is 0.257. The van der Waals surface area contributed by atoms with E-state index in [-0.39, 0.29) is 11.2 Å². The van der Waals surface area contributed by atoms with Gasteiger partial charge in [-0.05, 0) is 30.5 Å². The SMILES string of the molecule is CC(C)Cc1c(N)c(=O)n(-c2ccc(Cl)cc2Cl)n1C. The maximum absolute atomic E-state index is 12.4. The highest BCUT2D eigenvalue weighted by molar-refractivity contribution is 6.35. The Morgan fingerprint density at radius 3 is 2.50 bits per heavy atom. The standard InChI is InChI=1S/C14H17Cl2N3O/c1-8(2)6-12-13(17)14(20)19(18(12)3)11-5-4-9(15)7-10(11)16/h4-5,7-8H,6,17H2,1-3H3. The summed E-state index contributed by atoms with van der Waals surface area (Å²) >= 11 is 12.1. The number of nitrogen functional groups attached to an aromatic ring is 1. The van der Waals surface area contributed by atoms with Crippen molar-refractivity contribution < 1.29 is 0 Å². The van der Waals surface area contributed by atoms with Crippen LogP contribution in [0.2, 0.25) is 10.0 Å². The maximum atomic E-state index is 12.4. The van der Waals surface area contributed by atoms with Crippen molar-refractivity contribution in [3.05, 3.63) is 44.3 Å². The highest BCUT2D eigenvalue weighted by atomic mass is 35.5. The van der Waals surface area contributed by atoms with E-state index < -0.39 is 0 Å². The molecule has 1 aromatic heterocycles. The molecule has 4 nitrogen and oxygen atoms in total. The molecule has 0 saturated heterocycles. The van der Waals surface area contributed by atoms with Gasteiger partial charge < -0.3 is 5.73 Å². The fraction of sp³-hybridized carbons (Fsp3) is 0.357. The molecule has 0 spiro atoms. The lowest BCUT2D eigenvalue weighted by molar-refractivity contribution is 0.563. The number of nitrogens with zero attached hydrogens (tertiary/aromatic N) is 2. The first kappa shape index (κ1) is 15.0. The van der Waals surface area contributed by atoms with Crippen LogP contribution in [0.5, 0.6) is 0 Å². The minimum Gasteiger partial charge on any atom is -0.393 e. The topological polar surface area (TPSA) is 53.0 Å². The summed E-state index contributed by atoms with van der Waals surface area (Å²) < 4.78 is 3.23. The summed E-state index contributed by atoms with van der Waals surface area (Å²) in [5, 5.41) is 0.938. The quantitative estimate of drug-likeness (QED) is 0.945. The Morgan fingerprint density at radius 2 is 1.95 bits per heavy atom. The molecule has 6 heteroatoms. The van der Waals surface area contributed by atoms with Crippen LogP contribution in [0.4, 0.5) is 5.69 Å². The smallest absolute Gasteiger partial charge is 0.294 e. The fourth-order valence-electron chi connectivity index (χ4n) is 2.22. The van der Waals surface area contributed by atoms with E-state index in [1.54, 1.807) is 29.9 Å². The molecule has 2 aromatic rings. The first-order chi connectivity index (χ1) is 9.32. The van der Waals surface area contributed by atoms with Gasteiger partial charge >= 0.3 is 0 Å². The van der Waals surface area contributed by atoms with Crippen LogP contribution in [0.25, 0.3) is 5.69 Å². The van der Waals surface area contributed by atoms with Gasteiger partial charge in [0.25, 0.3) is 5.56 Å². The van der Waals surface area contributed by atoms with Crippen LogP contribution in [0.3, 0.4) is 0 Å². The van der Waals surface area contributed by atoms with Crippen molar-refractivity contribution in [2.45, 2.75) is 20.3 Å². The van der Waals surface area contributed by atoms with Crippen LogP contribution in [-0.2, 0) is 13.5 Å². The second-order valence-corrected chi connectivity index (χ2v) is 6.04. The van der Waals surface area contributed by atoms with Crippen molar-refractivity contribution in [1.82, 2.24) is 9.36 Å². The van der Waals surface area contributed by atoms with Gasteiger partial charge in [0, 0.05) is 12.1 Å². The molecule has 2 rings (SSSR count). The molecule has 20 heavy (non-hydrogen) atoms. The van der Waals surface area contributed by atoms with Gasteiger partial charge in [0.2, 0.25) is 0 Å². The lowest BCUT2D eigenvalue weighted by Gasteiger charge is -2.12. The van der Waals surface area contributed by atoms with E-state index in [1.165, 1.54) is 4.68 Å². The summed E-state index contributed by atoms with van der Waals surface area (Å²) in [4.78, 5) is 12.4. The fourth-order valence-corrected chi connectivity index (χ4v) is 2.71. The van der Waals surface area contributed by atoms with Crippen LogP contribution >= 0.6 is 23.2 Å². The summed E-state index contributed by atoms with van der Waals surface area (Å²) in [7, 11) is 1.81. The molecular weight excluding hydrogens is 297 g/mol. The molecule has 1 aromatic carbocycles. The van der Waals surface area contributed by atoms with Crippen molar-refractivity contribution in [1.29, 1.82) is 0 Å². The van der Waals surface area contributed by atoms with Gasteiger partial charge in [-0.25, -0.2) is 4.68 Å². The van der Waals surface area contributed by atoms with Crippen molar-refractivity contribution >= 4 is 28.9 Å². The Morgan fingerprint density at radius 1 is 1.30 bits per heavy atom. The van der Waals surface area contributed by atoms with E-state index in [0.29, 0.717) is 21.7 Å². The number of benzene rings is 1. The lowest BCUT2D eigenvalue weighted by Crippen LogP contribution is -2.21. The second kappa shape index (κ2) is 5.54. The highest BCUT2D eigenvalue weighted by Crippen LogP contribution is 2.25. The molecule has 0 bridgehead atoms. The zero-order valence-corrected chi connectivity index (χ0v) is 13.2. The molecule has 0 fully saturated rings. The van der Waals surface area contributed by atoms with Gasteiger partial charge in [-0.15, -0.1) is 0 Å². The molecule has 0 aliphatic rings. The lowest BCUT2D eigenvalue weighted by atomic mass is 10.1. The third-order valence-corrected chi connectivity index (χ3v) is 3.70. The minimum atomic E-state index is -0.257. The van der Waals surface area contributed by atoms with Gasteiger partial charge in [-0.2, -0.15) is 0 Å². The average Bonchev–Trinajstić information content (AvgIpc) is 2.55. The molecule has 0 aliphatic heterocycles. The van der Waals surface area contributed by atoms with E-state index in [9.17, 15) is 4.79 Å². The van der Waals surface area contributed by atoms with E-state index in [1.807, 2.05) is 0 Å². The third kappa shape index (κ3) is 2.58.